The minimum atomic E-state index is -0.689. The van der Waals surface area contributed by atoms with Gasteiger partial charge in [-0.3, -0.25) is 4.79 Å². The number of carbonyl (C=O) groups is 1. The van der Waals surface area contributed by atoms with Crippen molar-refractivity contribution >= 4 is 17.5 Å². The fraction of sp³-hybridized carbons (Fsp3) is 0.400. The van der Waals surface area contributed by atoms with Crippen LogP contribution in [0.15, 0.2) is 60.7 Å². The molecule has 2 N–H and O–H groups in total. The number of alkyl halides is 1. The number of piperidine rings is 2. The summed E-state index contributed by atoms with van der Waals surface area (Å²) in [4.78, 5) is 14.0. The molecule has 4 aromatic rings. The molecule has 0 bridgehead atoms. The van der Waals surface area contributed by atoms with Gasteiger partial charge in [0.1, 0.15) is 41.9 Å². The molecule has 12 heteroatoms. The normalized spacial score (nSPS) is 18.3. The third kappa shape index (κ3) is 9.85. The number of ether oxygens (including phenoxy) is 3. The van der Waals surface area contributed by atoms with Crippen molar-refractivity contribution in [2.45, 2.75) is 83.3 Å². The number of nitriles is 2. The van der Waals surface area contributed by atoms with Gasteiger partial charge in [0.05, 0.1) is 34.9 Å². The molecule has 3 aliphatic rings. The Hall–Kier alpha value is -5.20. The van der Waals surface area contributed by atoms with Gasteiger partial charge >= 0.3 is 0 Å². The molecule has 1 aliphatic carbocycles. The molecule has 2 heterocycles. The minimum absolute atomic E-state index is 0.0332. The molecular formula is C45H46ClF2N5O4. The van der Waals surface area contributed by atoms with E-state index in [1.54, 1.807) is 36.4 Å². The Labute approximate surface area is 337 Å². The summed E-state index contributed by atoms with van der Waals surface area (Å²) in [5.41, 5.74) is 6.54. The van der Waals surface area contributed by atoms with Gasteiger partial charge in [0, 0.05) is 56.8 Å². The van der Waals surface area contributed by atoms with Gasteiger partial charge in [-0.25, -0.2) is 8.78 Å². The van der Waals surface area contributed by atoms with E-state index in [2.05, 4.69) is 27.7 Å². The largest absolute Gasteiger partial charge is 0.493 e. The Morgan fingerprint density at radius 3 is 2.46 bits per heavy atom. The molecule has 0 radical (unpaired) electrons. The van der Waals surface area contributed by atoms with E-state index < -0.39 is 12.3 Å². The molecule has 2 saturated heterocycles. The molecule has 0 spiro atoms. The fourth-order valence-corrected chi connectivity index (χ4v) is 8.23. The van der Waals surface area contributed by atoms with Crippen molar-refractivity contribution < 1.29 is 27.8 Å². The van der Waals surface area contributed by atoms with Gasteiger partial charge in [-0.2, -0.15) is 10.5 Å². The second-order valence-corrected chi connectivity index (χ2v) is 15.5. The predicted octanol–water partition coefficient (Wildman–Crippen LogP) is 8.41. The van der Waals surface area contributed by atoms with E-state index in [-0.39, 0.29) is 24.4 Å². The van der Waals surface area contributed by atoms with Crippen LogP contribution in [0.1, 0.15) is 83.6 Å². The van der Waals surface area contributed by atoms with E-state index >= 15 is 4.39 Å². The van der Waals surface area contributed by atoms with Crippen LogP contribution in [0.25, 0.3) is 11.1 Å². The highest BCUT2D eigenvalue weighted by molar-refractivity contribution is 6.32. The summed E-state index contributed by atoms with van der Waals surface area (Å²) in [5.74, 6) is 1.30. The summed E-state index contributed by atoms with van der Waals surface area (Å²) in [7, 11) is 0. The van der Waals surface area contributed by atoms with E-state index in [1.165, 1.54) is 6.07 Å². The Morgan fingerprint density at radius 1 is 0.930 bits per heavy atom. The zero-order chi connectivity index (χ0) is 39.9. The standard InChI is InChI=1S/C45H46ClF2N5O4/c1-28-36(4-2-5-41(28)55-15-3-12-53-13-10-33(47)11-14-53)38-20-34(48)21-39-37(38)7-8-42(39)57-44-22-43(56-27-31-17-29(23-49)16-30(18-31)24-50)32(19-40(44)46)25-51-35-6-9-45(54)52-26-35/h2,4-5,16-22,33,35,42,51H,3,6-15,25-27H2,1H3,(H,52,54). The van der Waals surface area contributed by atoms with Crippen LogP contribution in [-0.2, 0) is 24.4 Å². The zero-order valence-electron chi connectivity index (χ0n) is 32.0. The summed E-state index contributed by atoms with van der Waals surface area (Å²) in [6.45, 7) is 5.95. The molecule has 2 atom stereocenters. The highest BCUT2D eigenvalue weighted by atomic mass is 35.5. The summed E-state index contributed by atoms with van der Waals surface area (Å²) < 4.78 is 48.2. The van der Waals surface area contributed by atoms with Crippen molar-refractivity contribution in [2.75, 3.05) is 32.8 Å². The molecule has 2 aliphatic heterocycles. The van der Waals surface area contributed by atoms with E-state index in [9.17, 15) is 19.7 Å². The summed E-state index contributed by atoms with van der Waals surface area (Å²) in [6, 6.07) is 21.7. The van der Waals surface area contributed by atoms with E-state index in [4.69, 9.17) is 25.8 Å². The molecule has 0 aromatic heterocycles. The third-order valence-electron chi connectivity index (χ3n) is 11.1. The molecule has 0 saturated carbocycles. The maximum absolute atomic E-state index is 15.5. The number of benzene rings is 4. The quantitative estimate of drug-likeness (QED) is 0.122. The molecule has 57 heavy (non-hydrogen) atoms. The van der Waals surface area contributed by atoms with Crippen LogP contribution in [0.5, 0.6) is 17.2 Å². The Morgan fingerprint density at radius 2 is 1.72 bits per heavy atom. The van der Waals surface area contributed by atoms with Crippen molar-refractivity contribution in [1.82, 2.24) is 15.5 Å². The average molecular weight is 794 g/mol. The second-order valence-electron chi connectivity index (χ2n) is 15.1. The molecule has 2 fully saturated rings. The summed E-state index contributed by atoms with van der Waals surface area (Å²) in [5, 5.41) is 25.7. The number of nitrogens with zero attached hydrogens (tertiary/aromatic N) is 3. The van der Waals surface area contributed by atoms with Gasteiger partial charge in [0.15, 0.2) is 0 Å². The van der Waals surface area contributed by atoms with Gasteiger partial charge in [-0.05, 0) is 121 Å². The first-order valence-electron chi connectivity index (χ1n) is 19.6. The van der Waals surface area contributed by atoms with Crippen molar-refractivity contribution in [3.63, 3.8) is 0 Å². The van der Waals surface area contributed by atoms with Crippen LogP contribution in [0, 0.1) is 35.4 Å². The van der Waals surface area contributed by atoms with Crippen LogP contribution in [0.2, 0.25) is 5.02 Å². The predicted molar refractivity (Wildman–Crippen MR) is 213 cm³/mol. The zero-order valence-corrected chi connectivity index (χ0v) is 32.8. The molecular weight excluding hydrogens is 748 g/mol. The van der Waals surface area contributed by atoms with Gasteiger partial charge in [-0.15, -0.1) is 0 Å². The monoisotopic (exact) mass is 793 g/mol. The van der Waals surface area contributed by atoms with Gasteiger partial charge in [0.2, 0.25) is 5.91 Å². The van der Waals surface area contributed by atoms with Crippen molar-refractivity contribution in [2.24, 2.45) is 0 Å². The van der Waals surface area contributed by atoms with E-state index in [0.29, 0.717) is 91.4 Å². The molecule has 1 amide bonds. The Bertz CT molecular complexity index is 2150. The third-order valence-corrected chi connectivity index (χ3v) is 11.4. The van der Waals surface area contributed by atoms with Crippen LogP contribution in [-0.4, -0.2) is 55.8 Å². The molecule has 7 rings (SSSR count). The van der Waals surface area contributed by atoms with Crippen LogP contribution >= 0.6 is 11.6 Å². The number of likely N-dealkylation sites (tertiary alicyclic amines) is 1. The van der Waals surface area contributed by atoms with Gasteiger partial charge in [0.25, 0.3) is 0 Å². The highest BCUT2D eigenvalue weighted by Gasteiger charge is 2.30. The molecule has 9 nitrogen and oxygen atoms in total. The number of hydrogen-bond donors (Lipinski definition) is 2. The number of hydrogen-bond acceptors (Lipinski definition) is 8. The lowest BCUT2D eigenvalue weighted by atomic mass is 9.93. The number of carbonyl (C=O) groups excluding carboxylic acids is 1. The number of nitrogens with one attached hydrogen (secondary N) is 2. The van der Waals surface area contributed by atoms with Crippen LogP contribution in [0.3, 0.4) is 0 Å². The molecule has 2 unspecified atom stereocenters. The number of fused-ring (bicyclic) bond motifs is 1. The minimum Gasteiger partial charge on any atom is -0.493 e. The lowest BCUT2D eigenvalue weighted by Gasteiger charge is -2.28. The highest BCUT2D eigenvalue weighted by Crippen LogP contribution is 2.44. The topological polar surface area (TPSA) is 120 Å². The van der Waals surface area contributed by atoms with Crippen molar-refractivity contribution in [3.05, 3.63) is 110 Å². The summed E-state index contributed by atoms with van der Waals surface area (Å²) in [6.07, 6.45) is 3.29. The first-order valence-corrected chi connectivity index (χ1v) is 20.0. The van der Waals surface area contributed by atoms with Crippen molar-refractivity contribution in [1.29, 1.82) is 10.5 Å². The maximum atomic E-state index is 15.5. The van der Waals surface area contributed by atoms with E-state index in [1.807, 2.05) is 25.1 Å². The first kappa shape index (κ1) is 40.0. The van der Waals surface area contributed by atoms with E-state index in [0.717, 1.165) is 65.2 Å². The fourth-order valence-electron chi connectivity index (χ4n) is 7.99. The van der Waals surface area contributed by atoms with Crippen LogP contribution < -0.4 is 24.8 Å². The molecule has 4 aromatic carbocycles. The number of amides is 1. The Kier molecular flexibility index (Phi) is 12.9. The average Bonchev–Trinajstić information content (AvgIpc) is 3.62. The summed E-state index contributed by atoms with van der Waals surface area (Å²) >= 11 is 6.90. The van der Waals surface area contributed by atoms with Crippen LogP contribution in [0.4, 0.5) is 8.78 Å². The van der Waals surface area contributed by atoms with Crippen molar-refractivity contribution in [3.8, 4) is 40.5 Å². The lowest BCUT2D eigenvalue weighted by Crippen LogP contribution is -2.45. The number of rotatable bonds is 14. The molecule has 296 valence electrons. The first-order chi connectivity index (χ1) is 27.7. The lowest BCUT2D eigenvalue weighted by molar-refractivity contribution is -0.122. The van der Waals surface area contributed by atoms with Gasteiger partial charge in [-0.1, -0.05) is 23.7 Å². The second kappa shape index (κ2) is 18.4. The maximum Gasteiger partial charge on any atom is 0.220 e. The number of halogens is 3. The smallest absolute Gasteiger partial charge is 0.220 e. The Balaban J connectivity index is 1.09. The van der Waals surface area contributed by atoms with Gasteiger partial charge < -0.3 is 29.7 Å². The SMILES string of the molecule is Cc1c(OCCCN2CCC(F)CC2)cccc1-c1cc(F)cc2c1CCC2Oc1cc(OCc2cc(C#N)cc(C#N)c2)c(CNC2CCC(=O)NC2)cc1Cl.